The fraction of sp³-hybridized carbons (Fsp3) is 0.545. The minimum atomic E-state index is -3.53. The minimum Gasteiger partial charge on any atom is -0.348 e. The van der Waals surface area contributed by atoms with Gasteiger partial charge in [0.1, 0.15) is 4.90 Å². The quantitative estimate of drug-likeness (QED) is 0.864. The first-order valence-corrected chi connectivity index (χ1v) is 7.09. The van der Waals surface area contributed by atoms with Crippen LogP contribution >= 0.6 is 0 Å². The molecule has 0 amide bonds. The zero-order valence-electron chi connectivity index (χ0n) is 10.3. The Balaban J connectivity index is 1.95. The second-order valence-corrected chi connectivity index (χ2v) is 6.26. The molecule has 0 radical (unpaired) electrons. The SMILES string of the molecule is CC1(C)OCC(CNS(=O)(=O)c2cccnc2)O1. The maximum absolute atomic E-state index is 11.9. The van der Waals surface area contributed by atoms with Gasteiger partial charge in [0.05, 0.1) is 12.7 Å². The summed E-state index contributed by atoms with van der Waals surface area (Å²) < 4.78 is 37.2. The highest BCUT2D eigenvalue weighted by Gasteiger charge is 2.33. The van der Waals surface area contributed by atoms with Gasteiger partial charge < -0.3 is 9.47 Å². The van der Waals surface area contributed by atoms with Crippen LogP contribution < -0.4 is 4.72 Å². The standard InChI is InChI=1S/C11H16N2O4S/c1-11(2)16-8-9(17-11)6-13-18(14,15)10-4-3-5-12-7-10/h3-5,7,9,13H,6,8H2,1-2H3. The molecule has 18 heavy (non-hydrogen) atoms. The van der Waals surface area contributed by atoms with Crippen molar-refractivity contribution in [2.24, 2.45) is 0 Å². The Hall–Kier alpha value is -1.02. The zero-order valence-corrected chi connectivity index (χ0v) is 11.1. The largest absolute Gasteiger partial charge is 0.348 e. The summed E-state index contributed by atoms with van der Waals surface area (Å²) in [6, 6.07) is 3.07. The Kier molecular flexibility index (Phi) is 3.67. The molecule has 0 bridgehead atoms. The molecule has 0 spiro atoms. The number of rotatable bonds is 4. The van der Waals surface area contributed by atoms with Crippen molar-refractivity contribution in [2.45, 2.75) is 30.6 Å². The number of ether oxygens (including phenoxy) is 2. The van der Waals surface area contributed by atoms with Gasteiger partial charge in [-0.05, 0) is 26.0 Å². The molecule has 1 aromatic heterocycles. The molecule has 1 unspecified atom stereocenters. The van der Waals surface area contributed by atoms with Crippen molar-refractivity contribution in [1.82, 2.24) is 9.71 Å². The van der Waals surface area contributed by atoms with Gasteiger partial charge in [-0.2, -0.15) is 0 Å². The Morgan fingerprint density at radius 1 is 1.56 bits per heavy atom. The summed E-state index contributed by atoms with van der Waals surface area (Å²) in [5, 5.41) is 0. The molecule has 7 heteroatoms. The van der Waals surface area contributed by atoms with E-state index in [0.29, 0.717) is 6.61 Å². The van der Waals surface area contributed by atoms with Gasteiger partial charge in [0.15, 0.2) is 5.79 Å². The molecule has 0 saturated carbocycles. The molecule has 6 nitrogen and oxygen atoms in total. The predicted molar refractivity (Wildman–Crippen MR) is 64.3 cm³/mol. The van der Waals surface area contributed by atoms with Gasteiger partial charge in [0.2, 0.25) is 10.0 Å². The van der Waals surface area contributed by atoms with Crippen LogP contribution in [0.2, 0.25) is 0 Å². The van der Waals surface area contributed by atoms with E-state index < -0.39 is 15.8 Å². The van der Waals surface area contributed by atoms with Gasteiger partial charge in [-0.3, -0.25) is 4.98 Å². The van der Waals surface area contributed by atoms with Crippen molar-refractivity contribution in [3.8, 4) is 0 Å². The third kappa shape index (κ3) is 3.26. The lowest BCUT2D eigenvalue weighted by Crippen LogP contribution is -2.34. The topological polar surface area (TPSA) is 77.5 Å². The van der Waals surface area contributed by atoms with Crippen molar-refractivity contribution in [3.05, 3.63) is 24.5 Å². The van der Waals surface area contributed by atoms with Gasteiger partial charge in [0.25, 0.3) is 0 Å². The molecular formula is C11H16N2O4S. The van der Waals surface area contributed by atoms with Crippen LogP contribution in [0.25, 0.3) is 0 Å². The van der Waals surface area contributed by atoms with E-state index >= 15 is 0 Å². The average Bonchev–Trinajstić information content (AvgIpc) is 2.68. The molecular weight excluding hydrogens is 256 g/mol. The summed E-state index contributed by atoms with van der Waals surface area (Å²) >= 11 is 0. The smallest absolute Gasteiger partial charge is 0.242 e. The molecule has 100 valence electrons. The molecule has 1 saturated heterocycles. The summed E-state index contributed by atoms with van der Waals surface area (Å²) in [4.78, 5) is 3.92. The Bertz CT molecular complexity index is 501. The molecule has 0 aromatic carbocycles. The van der Waals surface area contributed by atoms with Crippen molar-refractivity contribution in [1.29, 1.82) is 0 Å². The number of sulfonamides is 1. The van der Waals surface area contributed by atoms with E-state index in [4.69, 9.17) is 9.47 Å². The lowest BCUT2D eigenvalue weighted by Gasteiger charge is -2.17. The Labute approximate surface area is 106 Å². The van der Waals surface area contributed by atoms with Gasteiger partial charge in [-0.15, -0.1) is 0 Å². The highest BCUT2D eigenvalue weighted by molar-refractivity contribution is 7.89. The monoisotopic (exact) mass is 272 g/mol. The first-order valence-electron chi connectivity index (χ1n) is 5.60. The molecule has 2 rings (SSSR count). The molecule has 1 aliphatic heterocycles. The Morgan fingerprint density at radius 3 is 2.89 bits per heavy atom. The van der Waals surface area contributed by atoms with E-state index in [1.807, 2.05) is 0 Å². The van der Waals surface area contributed by atoms with Crippen molar-refractivity contribution < 1.29 is 17.9 Å². The molecule has 1 fully saturated rings. The summed E-state index contributed by atoms with van der Waals surface area (Å²) in [5.74, 6) is -0.648. The number of aromatic nitrogens is 1. The van der Waals surface area contributed by atoms with Crippen LogP contribution in [0.3, 0.4) is 0 Å². The first kappa shape index (κ1) is 13.4. The third-order valence-corrected chi connectivity index (χ3v) is 3.92. The maximum atomic E-state index is 11.9. The van der Waals surface area contributed by atoms with Crippen molar-refractivity contribution >= 4 is 10.0 Å². The lowest BCUT2D eigenvalue weighted by atomic mass is 10.4. The average molecular weight is 272 g/mol. The fourth-order valence-corrected chi connectivity index (χ4v) is 2.69. The van der Waals surface area contributed by atoms with Crippen LogP contribution in [0.4, 0.5) is 0 Å². The number of nitrogens with zero attached hydrogens (tertiary/aromatic N) is 1. The Morgan fingerprint density at radius 2 is 2.33 bits per heavy atom. The summed E-state index contributed by atoms with van der Waals surface area (Å²) in [7, 11) is -3.53. The summed E-state index contributed by atoms with van der Waals surface area (Å²) in [5.41, 5.74) is 0. The van der Waals surface area contributed by atoms with Crippen molar-refractivity contribution in [2.75, 3.05) is 13.2 Å². The third-order valence-electron chi connectivity index (χ3n) is 2.51. The van der Waals surface area contributed by atoms with Crippen LogP contribution in [-0.2, 0) is 19.5 Å². The predicted octanol–water partition coefficient (Wildman–Crippen LogP) is 0.511. The number of nitrogens with one attached hydrogen (secondary N) is 1. The van der Waals surface area contributed by atoms with E-state index in [2.05, 4.69) is 9.71 Å². The van der Waals surface area contributed by atoms with Gasteiger partial charge in [-0.25, -0.2) is 13.1 Å². The highest BCUT2D eigenvalue weighted by atomic mass is 32.2. The second kappa shape index (κ2) is 4.93. The lowest BCUT2D eigenvalue weighted by molar-refractivity contribution is -0.137. The van der Waals surface area contributed by atoms with Crippen LogP contribution in [0.15, 0.2) is 29.4 Å². The first-order chi connectivity index (χ1) is 8.39. The number of hydrogen-bond acceptors (Lipinski definition) is 5. The molecule has 1 aliphatic rings. The van der Waals surface area contributed by atoms with Gasteiger partial charge >= 0.3 is 0 Å². The molecule has 0 aliphatic carbocycles. The molecule has 1 atom stereocenters. The molecule has 1 aromatic rings. The van der Waals surface area contributed by atoms with Gasteiger partial charge in [-0.1, -0.05) is 0 Å². The van der Waals surface area contributed by atoms with E-state index in [0.717, 1.165) is 0 Å². The fourth-order valence-electron chi connectivity index (χ4n) is 1.66. The van der Waals surface area contributed by atoms with Crippen LogP contribution in [0.5, 0.6) is 0 Å². The van der Waals surface area contributed by atoms with Crippen LogP contribution in [0.1, 0.15) is 13.8 Å². The number of pyridine rings is 1. The number of hydrogen-bond donors (Lipinski definition) is 1. The van der Waals surface area contributed by atoms with Crippen LogP contribution in [-0.4, -0.2) is 38.4 Å². The summed E-state index contributed by atoms with van der Waals surface area (Å²) in [6.45, 7) is 4.15. The minimum absolute atomic E-state index is 0.142. The van der Waals surface area contributed by atoms with Crippen LogP contribution in [0, 0.1) is 0 Å². The maximum Gasteiger partial charge on any atom is 0.242 e. The van der Waals surface area contributed by atoms with Crippen molar-refractivity contribution in [3.63, 3.8) is 0 Å². The van der Waals surface area contributed by atoms with E-state index in [9.17, 15) is 8.42 Å². The molecule has 1 N–H and O–H groups in total. The van der Waals surface area contributed by atoms with E-state index in [-0.39, 0.29) is 17.5 Å². The zero-order chi connectivity index (χ0) is 13.2. The van der Waals surface area contributed by atoms with Gasteiger partial charge in [0, 0.05) is 18.9 Å². The normalized spacial score (nSPS) is 23.1. The van der Waals surface area contributed by atoms with E-state index in [1.54, 1.807) is 19.9 Å². The second-order valence-electron chi connectivity index (χ2n) is 4.49. The molecule has 2 heterocycles. The van der Waals surface area contributed by atoms with E-state index in [1.165, 1.54) is 18.5 Å². The highest BCUT2D eigenvalue weighted by Crippen LogP contribution is 2.22. The summed E-state index contributed by atoms with van der Waals surface area (Å²) in [6.07, 6.45) is 2.56.